The van der Waals surface area contributed by atoms with Gasteiger partial charge in [0.25, 0.3) is 0 Å². The van der Waals surface area contributed by atoms with Gasteiger partial charge in [-0.15, -0.1) is 0 Å². The maximum Gasteiger partial charge on any atom is 0.392 e. The van der Waals surface area contributed by atoms with Crippen LogP contribution in [0.5, 0.6) is 23.0 Å². The zero-order chi connectivity index (χ0) is 45.6. The highest BCUT2D eigenvalue weighted by molar-refractivity contribution is 5.85. The lowest BCUT2D eigenvalue weighted by molar-refractivity contribution is -0.134. The van der Waals surface area contributed by atoms with Gasteiger partial charge in [0.1, 0.15) is 46.3 Å². The summed E-state index contributed by atoms with van der Waals surface area (Å²) in [6.45, 7) is 3.81. The van der Waals surface area contributed by atoms with Crippen LogP contribution >= 0.6 is 0 Å². The van der Waals surface area contributed by atoms with Crippen molar-refractivity contribution in [3.63, 3.8) is 0 Å². The van der Waals surface area contributed by atoms with Gasteiger partial charge in [-0.1, -0.05) is 93.4 Å². The van der Waals surface area contributed by atoms with Crippen molar-refractivity contribution in [3.05, 3.63) is 187 Å². The van der Waals surface area contributed by atoms with Crippen molar-refractivity contribution in [2.45, 2.75) is 77.1 Å². The topological polar surface area (TPSA) is 49.7 Å². The molecule has 0 saturated carbocycles. The average molecular weight is 881 g/mol. The van der Waals surface area contributed by atoms with Gasteiger partial charge in [0.05, 0.1) is 6.42 Å². The molecule has 0 bridgehead atoms. The van der Waals surface area contributed by atoms with Crippen LogP contribution in [0.15, 0.2) is 109 Å². The van der Waals surface area contributed by atoms with Gasteiger partial charge >= 0.3 is 12.4 Å². The van der Waals surface area contributed by atoms with E-state index >= 15 is 0 Å². The third kappa shape index (κ3) is 11.2. The second kappa shape index (κ2) is 19.4. The van der Waals surface area contributed by atoms with Crippen molar-refractivity contribution in [2.75, 3.05) is 0 Å². The number of phenolic OH excluding ortho intramolecular Hbond substituents is 2. The van der Waals surface area contributed by atoms with Crippen LogP contribution in [0.2, 0.25) is 0 Å². The first kappa shape index (κ1) is 46.3. The minimum absolute atomic E-state index is 0.0161. The maximum absolute atomic E-state index is 14.7. The Morgan fingerprint density at radius 3 is 1.63 bits per heavy atom. The van der Waals surface area contributed by atoms with E-state index in [1.165, 1.54) is 18.2 Å². The Morgan fingerprint density at radius 2 is 1.10 bits per heavy atom. The molecule has 1 unspecified atom stereocenters. The number of aromatic hydroxyl groups is 2. The van der Waals surface area contributed by atoms with Crippen LogP contribution in [0.4, 0.5) is 43.9 Å². The second-order valence-corrected chi connectivity index (χ2v) is 15.1. The molecule has 0 radical (unpaired) electrons. The number of hydrogen-bond donors (Lipinski definition) is 2. The van der Waals surface area contributed by atoms with Gasteiger partial charge in [-0.05, 0) is 95.6 Å². The van der Waals surface area contributed by atoms with E-state index in [1.807, 2.05) is 32.0 Å². The first-order valence-corrected chi connectivity index (χ1v) is 20.2. The van der Waals surface area contributed by atoms with E-state index in [-0.39, 0.29) is 39.2 Å². The summed E-state index contributed by atoms with van der Waals surface area (Å²) in [5.41, 5.74) is 2.99. The number of aryl methyl sites for hydroxylation is 3. The standard InChI is InChI=1S/C25H23F5O2.C25H19F5O/c1-2-6-16-11-22(31)18(13-20(16)26)24(15-7-4-3-5-8-15)19-14-21(27)17(12-23(19)32)9-10-25(28,29)30;1-2-6-16-11-22-18(13-20(16)26)24(15-7-4-3-5-8-15)19-14-21(27)17(12-23(19)31-22)9-10-25(28,29)30/h3-5,7-8,11-14,24,31-32H,2,6,9-10H2,1H3;3-5,7-9,11-14H,2,6,10H2,1H3/b;17-9-. The highest BCUT2D eigenvalue weighted by Crippen LogP contribution is 2.43. The van der Waals surface area contributed by atoms with Gasteiger partial charge in [0, 0.05) is 45.0 Å². The zero-order valence-electron chi connectivity index (χ0n) is 34.1. The van der Waals surface area contributed by atoms with Crippen LogP contribution in [0.1, 0.15) is 90.0 Å². The van der Waals surface area contributed by atoms with Gasteiger partial charge in [-0.3, -0.25) is 0 Å². The predicted molar refractivity (Wildman–Crippen MR) is 221 cm³/mol. The van der Waals surface area contributed by atoms with Crippen LogP contribution in [-0.4, -0.2) is 22.6 Å². The van der Waals surface area contributed by atoms with Gasteiger partial charge < -0.3 is 14.9 Å². The zero-order valence-corrected chi connectivity index (χ0v) is 34.1. The molecular formula is C50H42F10O3. The molecule has 0 spiro atoms. The molecule has 6 aromatic rings. The Kier molecular flexibility index (Phi) is 14.3. The largest absolute Gasteiger partial charge is 0.508 e. The SMILES string of the molecule is CCCc1cc(O)c(C(c2ccccc2)c2cc(F)c(CCC(F)(F)F)cc2O)cc1F.CCCc1cc2c(cc1F)C(c1ccccc1)=c1cc(F)/c(=C\CC(F)(F)F)cc1O2. The van der Waals surface area contributed by atoms with Crippen molar-refractivity contribution in [3.8, 4) is 23.0 Å². The first-order valence-electron chi connectivity index (χ1n) is 20.2. The van der Waals surface area contributed by atoms with E-state index in [9.17, 15) is 54.1 Å². The summed E-state index contributed by atoms with van der Waals surface area (Å²) in [5, 5.41) is 21.4. The molecule has 2 N–H and O–H groups in total. The monoisotopic (exact) mass is 880 g/mol. The molecule has 0 aromatic heterocycles. The maximum atomic E-state index is 14.7. The lowest BCUT2D eigenvalue weighted by atomic mass is 9.83. The van der Waals surface area contributed by atoms with E-state index in [1.54, 1.807) is 48.5 Å². The number of benzene rings is 6. The molecule has 6 aromatic carbocycles. The number of rotatable bonds is 11. The molecule has 0 amide bonds. The Labute approximate surface area is 357 Å². The predicted octanol–water partition coefficient (Wildman–Crippen LogP) is 13.0. The molecule has 7 rings (SSSR count). The number of fused-ring (bicyclic) bond motifs is 2. The lowest BCUT2D eigenvalue weighted by Gasteiger charge is -2.22. The molecule has 0 fully saturated rings. The molecule has 1 aliphatic rings. The van der Waals surface area contributed by atoms with E-state index in [0.29, 0.717) is 58.1 Å². The number of ether oxygens (including phenoxy) is 1. The molecule has 13 heteroatoms. The number of phenols is 2. The Bertz CT molecular complexity index is 2690. The van der Waals surface area contributed by atoms with Crippen molar-refractivity contribution < 1.29 is 58.9 Å². The fourth-order valence-electron chi connectivity index (χ4n) is 7.55. The van der Waals surface area contributed by atoms with Crippen molar-refractivity contribution >= 4 is 11.6 Å². The summed E-state index contributed by atoms with van der Waals surface area (Å²) in [4.78, 5) is 0. The molecule has 330 valence electrons. The second-order valence-electron chi connectivity index (χ2n) is 15.1. The molecule has 3 nitrogen and oxygen atoms in total. The number of hydrogen-bond acceptors (Lipinski definition) is 3. The van der Waals surface area contributed by atoms with E-state index in [4.69, 9.17) is 4.74 Å². The van der Waals surface area contributed by atoms with Crippen LogP contribution in [0, 0.1) is 23.3 Å². The summed E-state index contributed by atoms with van der Waals surface area (Å²) in [6, 6.07) is 27.4. The minimum atomic E-state index is -4.46. The van der Waals surface area contributed by atoms with Crippen molar-refractivity contribution in [2.24, 2.45) is 0 Å². The quantitative estimate of drug-likeness (QED) is 0.101. The summed E-state index contributed by atoms with van der Waals surface area (Å²) < 4.78 is 140. The Hall–Kier alpha value is -6.24. The van der Waals surface area contributed by atoms with Gasteiger partial charge in [0.15, 0.2) is 0 Å². The van der Waals surface area contributed by atoms with Gasteiger partial charge in [-0.2, -0.15) is 26.3 Å². The summed E-state index contributed by atoms with van der Waals surface area (Å²) in [7, 11) is 0. The molecule has 0 aliphatic carbocycles. The van der Waals surface area contributed by atoms with E-state index < -0.39 is 60.7 Å². The van der Waals surface area contributed by atoms with Crippen molar-refractivity contribution in [1.29, 1.82) is 0 Å². The van der Waals surface area contributed by atoms with Gasteiger partial charge in [-0.25, -0.2) is 17.6 Å². The van der Waals surface area contributed by atoms with Gasteiger partial charge in [0.2, 0.25) is 0 Å². The molecule has 63 heavy (non-hydrogen) atoms. The lowest BCUT2D eigenvalue weighted by Crippen LogP contribution is -2.23. The summed E-state index contributed by atoms with van der Waals surface area (Å²) in [5.74, 6) is -3.59. The normalized spacial score (nSPS) is 13.1. The molecule has 1 atom stereocenters. The summed E-state index contributed by atoms with van der Waals surface area (Å²) in [6.07, 6.45) is -8.86. The third-order valence-corrected chi connectivity index (χ3v) is 10.5. The highest BCUT2D eigenvalue weighted by atomic mass is 19.4. The average Bonchev–Trinajstić information content (AvgIpc) is 3.23. The Balaban J connectivity index is 0.000000210. The van der Waals surface area contributed by atoms with Crippen LogP contribution in [-0.2, 0) is 19.3 Å². The fourth-order valence-corrected chi connectivity index (χ4v) is 7.55. The van der Waals surface area contributed by atoms with E-state index in [2.05, 4.69) is 0 Å². The molecular weight excluding hydrogens is 839 g/mol. The number of halogens is 10. The third-order valence-electron chi connectivity index (χ3n) is 10.5. The Morgan fingerprint density at radius 1 is 0.571 bits per heavy atom. The molecule has 1 aliphatic heterocycles. The molecule has 0 saturated heterocycles. The smallest absolute Gasteiger partial charge is 0.392 e. The van der Waals surface area contributed by atoms with Crippen molar-refractivity contribution in [1.82, 2.24) is 0 Å². The first-order chi connectivity index (χ1) is 29.9. The molecule has 1 heterocycles. The minimum Gasteiger partial charge on any atom is -0.508 e. The van der Waals surface area contributed by atoms with E-state index in [0.717, 1.165) is 42.3 Å². The van der Waals surface area contributed by atoms with Crippen LogP contribution < -0.4 is 15.2 Å². The van der Waals surface area contributed by atoms with Crippen LogP contribution in [0.3, 0.4) is 0 Å². The highest BCUT2D eigenvalue weighted by Gasteiger charge is 2.30. The summed E-state index contributed by atoms with van der Waals surface area (Å²) >= 11 is 0. The fraction of sp³-hybridized carbons (Fsp3) is 0.240. The number of alkyl halides is 6. The van der Waals surface area contributed by atoms with Crippen LogP contribution in [0.25, 0.3) is 11.6 Å².